The lowest BCUT2D eigenvalue weighted by atomic mass is 10.0. The summed E-state index contributed by atoms with van der Waals surface area (Å²) in [4.78, 5) is 16.1. The molecule has 0 amide bonds. The van der Waals surface area contributed by atoms with Crippen LogP contribution in [0.5, 0.6) is 17.2 Å². The van der Waals surface area contributed by atoms with Gasteiger partial charge in [0, 0.05) is 34.6 Å². The Bertz CT molecular complexity index is 1570. The molecule has 0 spiro atoms. The monoisotopic (exact) mass is 464 g/mol. The predicted octanol–water partition coefficient (Wildman–Crippen LogP) is 5.80. The van der Waals surface area contributed by atoms with E-state index in [0.29, 0.717) is 5.75 Å². The molecule has 7 nitrogen and oxygen atoms in total. The van der Waals surface area contributed by atoms with E-state index < -0.39 is 5.97 Å². The highest BCUT2D eigenvalue weighted by molar-refractivity contribution is 5.98. The van der Waals surface area contributed by atoms with E-state index in [-0.39, 0.29) is 12.4 Å². The van der Waals surface area contributed by atoms with E-state index in [0.717, 1.165) is 50.5 Å². The first kappa shape index (κ1) is 20.8. The first-order chi connectivity index (χ1) is 17.1. The van der Waals surface area contributed by atoms with Crippen molar-refractivity contribution in [1.82, 2.24) is 9.55 Å². The van der Waals surface area contributed by atoms with Gasteiger partial charge in [0.25, 0.3) is 0 Å². The Morgan fingerprint density at radius 1 is 0.914 bits per heavy atom. The molecule has 2 aromatic heterocycles. The number of hydrogen-bond donors (Lipinski definition) is 1. The van der Waals surface area contributed by atoms with Crippen molar-refractivity contribution >= 4 is 17.0 Å². The SMILES string of the molecule is COc1ccc(-n2cc(-c3ccc4c(c3)OCO4)c3cc(-c4ccc(C(=O)O)cc4)cnc32)cc1. The van der Waals surface area contributed by atoms with E-state index in [2.05, 4.69) is 12.3 Å². The average Bonchev–Trinajstić information content (AvgIpc) is 3.53. The van der Waals surface area contributed by atoms with Gasteiger partial charge < -0.3 is 23.9 Å². The number of ether oxygens (including phenoxy) is 3. The van der Waals surface area contributed by atoms with E-state index >= 15 is 0 Å². The van der Waals surface area contributed by atoms with E-state index in [1.807, 2.05) is 53.2 Å². The lowest BCUT2D eigenvalue weighted by Gasteiger charge is -2.07. The van der Waals surface area contributed by atoms with Gasteiger partial charge in [-0.15, -0.1) is 0 Å². The second-order valence-corrected chi connectivity index (χ2v) is 8.16. The Labute approximate surface area is 200 Å². The van der Waals surface area contributed by atoms with Crippen LogP contribution in [0.3, 0.4) is 0 Å². The molecule has 3 heterocycles. The lowest BCUT2D eigenvalue weighted by Crippen LogP contribution is -1.95. The number of carboxylic acid groups (broad SMARTS) is 1. The van der Waals surface area contributed by atoms with Crippen LogP contribution in [0.1, 0.15) is 10.4 Å². The summed E-state index contributed by atoms with van der Waals surface area (Å²) in [6.07, 6.45) is 3.87. The van der Waals surface area contributed by atoms with Crippen molar-refractivity contribution in [2.75, 3.05) is 13.9 Å². The smallest absolute Gasteiger partial charge is 0.335 e. The third-order valence-electron chi connectivity index (χ3n) is 6.14. The quantitative estimate of drug-likeness (QED) is 0.354. The summed E-state index contributed by atoms with van der Waals surface area (Å²) in [5.74, 6) is 1.26. The molecular weight excluding hydrogens is 444 g/mol. The summed E-state index contributed by atoms with van der Waals surface area (Å²) in [6.45, 7) is 0.213. The van der Waals surface area contributed by atoms with Crippen molar-refractivity contribution in [2.45, 2.75) is 0 Å². The Morgan fingerprint density at radius 3 is 2.40 bits per heavy atom. The molecule has 7 heteroatoms. The molecule has 0 aliphatic carbocycles. The van der Waals surface area contributed by atoms with Crippen LogP contribution in [0.4, 0.5) is 0 Å². The van der Waals surface area contributed by atoms with Crippen LogP contribution >= 0.6 is 0 Å². The topological polar surface area (TPSA) is 82.8 Å². The Hall–Kier alpha value is -4.78. The molecule has 0 bridgehead atoms. The Morgan fingerprint density at radius 2 is 1.66 bits per heavy atom. The number of nitrogens with zero attached hydrogens (tertiary/aromatic N) is 2. The van der Waals surface area contributed by atoms with Gasteiger partial charge in [0.05, 0.1) is 12.7 Å². The van der Waals surface area contributed by atoms with Crippen molar-refractivity contribution in [1.29, 1.82) is 0 Å². The van der Waals surface area contributed by atoms with Gasteiger partial charge in [-0.1, -0.05) is 18.2 Å². The molecule has 0 fully saturated rings. The maximum atomic E-state index is 11.2. The van der Waals surface area contributed by atoms with E-state index in [1.54, 1.807) is 31.4 Å². The maximum absolute atomic E-state index is 11.2. The lowest BCUT2D eigenvalue weighted by molar-refractivity contribution is 0.0697. The van der Waals surface area contributed by atoms with E-state index in [9.17, 15) is 9.90 Å². The molecule has 0 saturated carbocycles. The molecule has 172 valence electrons. The first-order valence-electron chi connectivity index (χ1n) is 11.0. The first-order valence-corrected chi connectivity index (χ1v) is 11.0. The van der Waals surface area contributed by atoms with Crippen LogP contribution in [0.2, 0.25) is 0 Å². The predicted molar refractivity (Wildman–Crippen MR) is 132 cm³/mol. The van der Waals surface area contributed by atoms with Gasteiger partial charge in [0.2, 0.25) is 6.79 Å². The molecule has 1 N–H and O–H groups in total. The van der Waals surface area contributed by atoms with Crippen molar-refractivity contribution in [3.05, 3.63) is 90.8 Å². The van der Waals surface area contributed by atoms with Crippen molar-refractivity contribution in [2.24, 2.45) is 0 Å². The highest BCUT2D eigenvalue weighted by Crippen LogP contribution is 2.40. The number of rotatable bonds is 5. The summed E-state index contributed by atoms with van der Waals surface area (Å²) in [7, 11) is 1.64. The van der Waals surface area contributed by atoms with Gasteiger partial charge in [-0.25, -0.2) is 9.78 Å². The fourth-order valence-corrected chi connectivity index (χ4v) is 4.30. The van der Waals surface area contributed by atoms with E-state index in [4.69, 9.17) is 19.2 Å². The highest BCUT2D eigenvalue weighted by Gasteiger charge is 2.18. The van der Waals surface area contributed by atoms with Crippen molar-refractivity contribution in [3.8, 4) is 45.2 Å². The summed E-state index contributed by atoms with van der Waals surface area (Å²) < 4.78 is 18.4. The molecule has 35 heavy (non-hydrogen) atoms. The zero-order valence-corrected chi connectivity index (χ0v) is 18.8. The van der Waals surface area contributed by atoms with Crippen LogP contribution in [-0.2, 0) is 0 Å². The fourth-order valence-electron chi connectivity index (χ4n) is 4.30. The van der Waals surface area contributed by atoms with E-state index in [1.165, 1.54) is 0 Å². The standard InChI is InChI=1S/C28H20N2O5/c1-33-22-9-7-21(8-10-22)30-15-24(19-6-11-25-26(13-19)35-16-34-25)23-12-20(14-29-27(23)30)17-2-4-18(5-3-17)28(31)32/h2-15H,16H2,1H3,(H,31,32). The molecule has 5 aromatic rings. The third kappa shape index (κ3) is 3.63. The molecule has 3 aromatic carbocycles. The van der Waals surface area contributed by atoms with Gasteiger partial charge in [-0.2, -0.15) is 0 Å². The molecule has 0 saturated heterocycles. The minimum atomic E-state index is -0.952. The number of carbonyl (C=O) groups is 1. The maximum Gasteiger partial charge on any atom is 0.335 e. The fraction of sp³-hybridized carbons (Fsp3) is 0.0714. The van der Waals surface area contributed by atoms with Gasteiger partial charge in [0.15, 0.2) is 11.5 Å². The minimum absolute atomic E-state index is 0.213. The minimum Gasteiger partial charge on any atom is -0.497 e. The summed E-state index contributed by atoms with van der Waals surface area (Å²) >= 11 is 0. The molecule has 0 atom stereocenters. The number of hydrogen-bond acceptors (Lipinski definition) is 5. The summed E-state index contributed by atoms with van der Waals surface area (Å²) in [6, 6.07) is 22.6. The van der Waals surface area contributed by atoms with Crippen molar-refractivity contribution < 1.29 is 24.1 Å². The number of aromatic nitrogens is 2. The molecule has 6 rings (SSSR count). The number of carboxylic acids is 1. The highest BCUT2D eigenvalue weighted by atomic mass is 16.7. The average molecular weight is 464 g/mol. The Kier molecular flexibility index (Phi) is 4.88. The van der Waals surface area contributed by atoms with Crippen LogP contribution < -0.4 is 14.2 Å². The zero-order chi connectivity index (χ0) is 23.9. The zero-order valence-electron chi connectivity index (χ0n) is 18.8. The van der Waals surface area contributed by atoms with Crippen LogP contribution in [0, 0.1) is 0 Å². The number of aromatic carboxylic acids is 1. The van der Waals surface area contributed by atoms with Crippen LogP contribution in [-0.4, -0.2) is 34.5 Å². The van der Waals surface area contributed by atoms with Crippen molar-refractivity contribution in [3.63, 3.8) is 0 Å². The third-order valence-corrected chi connectivity index (χ3v) is 6.14. The summed E-state index contributed by atoms with van der Waals surface area (Å²) in [5.41, 5.74) is 5.75. The molecule has 1 aliphatic rings. The molecule has 0 unspecified atom stereocenters. The molecule has 1 aliphatic heterocycles. The normalized spacial score (nSPS) is 12.1. The number of fused-ring (bicyclic) bond motifs is 2. The van der Waals surface area contributed by atoms with Gasteiger partial charge in [-0.05, 0) is 65.7 Å². The second kappa shape index (κ2) is 8.22. The van der Waals surface area contributed by atoms with Gasteiger partial charge in [-0.3, -0.25) is 0 Å². The second-order valence-electron chi connectivity index (χ2n) is 8.16. The van der Waals surface area contributed by atoms with Crippen LogP contribution in [0.25, 0.3) is 39.0 Å². The number of pyridine rings is 1. The number of benzene rings is 3. The van der Waals surface area contributed by atoms with Gasteiger partial charge in [0.1, 0.15) is 11.4 Å². The largest absolute Gasteiger partial charge is 0.497 e. The Balaban J connectivity index is 1.53. The number of methoxy groups -OCH3 is 1. The van der Waals surface area contributed by atoms with Gasteiger partial charge >= 0.3 is 5.97 Å². The summed E-state index contributed by atoms with van der Waals surface area (Å²) in [5, 5.41) is 10.2. The molecular formula is C28H20N2O5. The van der Waals surface area contributed by atoms with Crippen LogP contribution in [0.15, 0.2) is 85.2 Å². The molecule has 0 radical (unpaired) electrons.